The summed E-state index contributed by atoms with van der Waals surface area (Å²) in [6.07, 6.45) is -0.655. The summed E-state index contributed by atoms with van der Waals surface area (Å²) in [4.78, 5) is 0. The van der Waals surface area contributed by atoms with Gasteiger partial charge in [0.25, 0.3) is 0 Å². The van der Waals surface area contributed by atoms with Crippen molar-refractivity contribution in [1.82, 2.24) is 0 Å². The largest absolute Gasteiger partial charge is 0.387 e. The SMILES string of the molecule is N#Cc1ccc(C(O)CNc2ccc(I)cc2Cl)cc1. The zero-order valence-corrected chi connectivity index (χ0v) is 13.4. The summed E-state index contributed by atoms with van der Waals surface area (Å²) >= 11 is 8.31. The van der Waals surface area contributed by atoms with Gasteiger partial charge in [0.15, 0.2) is 0 Å². The zero-order chi connectivity index (χ0) is 14.5. The van der Waals surface area contributed by atoms with Gasteiger partial charge in [-0.05, 0) is 58.5 Å². The molecule has 0 radical (unpaired) electrons. The van der Waals surface area contributed by atoms with Gasteiger partial charge >= 0.3 is 0 Å². The number of hydrogen-bond acceptors (Lipinski definition) is 3. The predicted molar refractivity (Wildman–Crippen MR) is 88.8 cm³/mol. The predicted octanol–water partition coefficient (Wildman–Crippen LogP) is 3.96. The third-order valence-corrected chi connectivity index (χ3v) is 3.83. The number of anilines is 1. The summed E-state index contributed by atoms with van der Waals surface area (Å²) in [7, 11) is 0. The molecule has 0 heterocycles. The molecule has 0 aliphatic heterocycles. The second-order valence-corrected chi connectivity index (χ2v) is 5.91. The molecule has 0 amide bonds. The molecule has 1 unspecified atom stereocenters. The van der Waals surface area contributed by atoms with Crippen LogP contribution in [0.2, 0.25) is 5.02 Å². The molecule has 102 valence electrons. The van der Waals surface area contributed by atoms with E-state index in [1.165, 1.54) is 0 Å². The number of aliphatic hydroxyl groups excluding tert-OH is 1. The molecule has 0 fully saturated rings. The fraction of sp³-hybridized carbons (Fsp3) is 0.133. The first-order valence-electron chi connectivity index (χ1n) is 5.97. The van der Waals surface area contributed by atoms with Crippen LogP contribution in [-0.4, -0.2) is 11.7 Å². The summed E-state index contributed by atoms with van der Waals surface area (Å²) in [5, 5.41) is 22.6. The lowest BCUT2D eigenvalue weighted by atomic mass is 10.1. The number of nitriles is 1. The molecule has 0 aliphatic carbocycles. The van der Waals surface area contributed by atoms with Gasteiger partial charge in [0, 0.05) is 10.1 Å². The average molecular weight is 399 g/mol. The molecule has 0 bridgehead atoms. The summed E-state index contributed by atoms with van der Waals surface area (Å²) in [5.41, 5.74) is 2.13. The van der Waals surface area contributed by atoms with Crippen molar-refractivity contribution in [2.75, 3.05) is 11.9 Å². The molecule has 5 heteroatoms. The fourth-order valence-corrected chi connectivity index (χ4v) is 2.66. The second kappa shape index (κ2) is 6.93. The Morgan fingerprint density at radius 2 is 1.95 bits per heavy atom. The van der Waals surface area contributed by atoms with Crippen LogP contribution in [0.1, 0.15) is 17.2 Å². The number of aliphatic hydroxyl groups is 1. The molecule has 1 atom stereocenters. The van der Waals surface area contributed by atoms with Crippen molar-refractivity contribution in [3.05, 3.63) is 62.2 Å². The van der Waals surface area contributed by atoms with Crippen molar-refractivity contribution in [3.8, 4) is 6.07 Å². The molecule has 20 heavy (non-hydrogen) atoms. The first-order valence-corrected chi connectivity index (χ1v) is 7.43. The summed E-state index contributed by atoms with van der Waals surface area (Å²) in [6, 6.07) is 14.6. The van der Waals surface area contributed by atoms with E-state index in [-0.39, 0.29) is 0 Å². The molecule has 2 aromatic rings. The Balaban J connectivity index is 2.00. The van der Waals surface area contributed by atoms with E-state index in [0.29, 0.717) is 17.1 Å². The van der Waals surface area contributed by atoms with Crippen LogP contribution >= 0.6 is 34.2 Å². The summed E-state index contributed by atoms with van der Waals surface area (Å²) in [6.45, 7) is 0.353. The van der Waals surface area contributed by atoms with Crippen LogP contribution in [0.5, 0.6) is 0 Å². The van der Waals surface area contributed by atoms with Gasteiger partial charge in [0.2, 0.25) is 0 Å². The van der Waals surface area contributed by atoms with E-state index in [1.807, 2.05) is 24.3 Å². The van der Waals surface area contributed by atoms with Crippen molar-refractivity contribution >= 4 is 39.9 Å². The molecule has 0 aliphatic rings. The minimum Gasteiger partial charge on any atom is -0.387 e. The van der Waals surface area contributed by atoms with Gasteiger partial charge in [-0.15, -0.1) is 0 Å². The van der Waals surface area contributed by atoms with Crippen molar-refractivity contribution in [3.63, 3.8) is 0 Å². The van der Waals surface area contributed by atoms with Gasteiger partial charge in [-0.25, -0.2) is 0 Å². The first-order chi connectivity index (χ1) is 9.60. The molecule has 2 aromatic carbocycles. The molecule has 0 aromatic heterocycles. The molecular formula is C15H12ClIN2O. The third-order valence-electron chi connectivity index (χ3n) is 2.84. The molecule has 0 saturated heterocycles. The normalized spacial score (nSPS) is 11.7. The molecular weight excluding hydrogens is 387 g/mol. The monoisotopic (exact) mass is 398 g/mol. The summed E-state index contributed by atoms with van der Waals surface area (Å²) in [5.74, 6) is 0. The maximum atomic E-state index is 10.1. The maximum absolute atomic E-state index is 10.1. The Labute approximate surface area is 136 Å². The van der Waals surface area contributed by atoms with Crippen LogP contribution in [0.15, 0.2) is 42.5 Å². The fourth-order valence-electron chi connectivity index (χ4n) is 1.74. The van der Waals surface area contributed by atoms with Gasteiger partial charge in [-0.2, -0.15) is 5.26 Å². The minimum atomic E-state index is -0.655. The van der Waals surface area contributed by atoms with E-state index < -0.39 is 6.10 Å². The Morgan fingerprint density at radius 1 is 1.25 bits per heavy atom. The smallest absolute Gasteiger partial charge is 0.0991 e. The van der Waals surface area contributed by atoms with Crippen LogP contribution in [-0.2, 0) is 0 Å². The van der Waals surface area contributed by atoms with E-state index in [1.54, 1.807) is 24.3 Å². The molecule has 3 nitrogen and oxygen atoms in total. The lowest BCUT2D eigenvalue weighted by Crippen LogP contribution is -2.12. The van der Waals surface area contributed by atoms with Crippen LogP contribution in [0.25, 0.3) is 0 Å². The minimum absolute atomic E-state index is 0.353. The number of nitrogens with one attached hydrogen (secondary N) is 1. The van der Waals surface area contributed by atoms with Gasteiger partial charge in [0.1, 0.15) is 0 Å². The van der Waals surface area contributed by atoms with Gasteiger partial charge in [0.05, 0.1) is 28.4 Å². The number of nitrogens with zero attached hydrogens (tertiary/aromatic N) is 1. The Morgan fingerprint density at radius 3 is 2.55 bits per heavy atom. The maximum Gasteiger partial charge on any atom is 0.0991 e. The van der Waals surface area contributed by atoms with E-state index in [2.05, 4.69) is 27.9 Å². The first kappa shape index (κ1) is 15.1. The third kappa shape index (κ3) is 3.85. The standard InChI is InChI=1S/C15H12ClIN2O/c16-13-7-12(17)5-6-14(13)19-9-15(20)11-3-1-10(8-18)2-4-11/h1-7,15,19-20H,9H2. The van der Waals surface area contributed by atoms with Crippen molar-refractivity contribution < 1.29 is 5.11 Å². The Kier molecular flexibility index (Phi) is 5.24. The number of halogens is 2. The zero-order valence-electron chi connectivity index (χ0n) is 10.5. The van der Waals surface area contributed by atoms with Crippen LogP contribution in [0, 0.1) is 14.9 Å². The highest BCUT2D eigenvalue weighted by atomic mass is 127. The van der Waals surface area contributed by atoms with E-state index >= 15 is 0 Å². The highest BCUT2D eigenvalue weighted by Crippen LogP contribution is 2.24. The lowest BCUT2D eigenvalue weighted by molar-refractivity contribution is 0.191. The topological polar surface area (TPSA) is 56.0 Å². The van der Waals surface area contributed by atoms with Crippen molar-refractivity contribution in [1.29, 1.82) is 5.26 Å². The lowest BCUT2D eigenvalue weighted by Gasteiger charge is -2.14. The van der Waals surface area contributed by atoms with Crippen LogP contribution < -0.4 is 5.32 Å². The molecule has 0 spiro atoms. The quantitative estimate of drug-likeness (QED) is 0.767. The number of benzene rings is 2. The second-order valence-electron chi connectivity index (χ2n) is 4.25. The highest BCUT2D eigenvalue weighted by Gasteiger charge is 2.08. The van der Waals surface area contributed by atoms with Crippen molar-refractivity contribution in [2.24, 2.45) is 0 Å². The van der Waals surface area contributed by atoms with Gasteiger partial charge in [-0.1, -0.05) is 23.7 Å². The van der Waals surface area contributed by atoms with E-state index in [9.17, 15) is 5.11 Å². The number of hydrogen-bond donors (Lipinski definition) is 2. The Hall–Kier alpha value is -1.29. The Bertz CT molecular complexity index is 637. The summed E-state index contributed by atoms with van der Waals surface area (Å²) < 4.78 is 1.06. The van der Waals surface area contributed by atoms with Crippen LogP contribution in [0.3, 0.4) is 0 Å². The van der Waals surface area contributed by atoms with Crippen molar-refractivity contribution in [2.45, 2.75) is 6.10 Å². The molecule has 2 N–H and O–H groups in total. The van der Waals surface area contributed by atoms with Gasteiger partial charge < -0.3 is 10.4 Å². The average Bonchev–Trinajstić information content (AvgIpc) is 2.46. The van der Waals surface area contributed by atoms with Gasteiger partial charge in [-0.3, -0.25) is 0 Å². The van der Waals surface area contributed by atoms with Crippen LogP contribution in [0.4, 0.5) is 5.69 Å². The van der Waals surface area contributed by atoms with E-state index in [0.717, 1.165) is 14.8 Å². The molecule has 2 rings (SSSR count). The number of rotatable bonds is 4. The van der Waals surface area contributed by atoms with E-state index in [4.69, 9.17) is 16.9 Å². The molecule has 0 saturated carbocycles. The highest BCUT2D eigenvalue weighted by molar-refractivity contribution is 14.1.